The quantitative estimate of drug-likeness (QED) is 0.368. The van der Waals surface area contributed by atoms with E-state index >= 15 is 4.39 Å². The molecule has 202 valence electrons. The van der Waals surface area contributed by atoms with Crippen molar-refractivity contribution in [2.24, 2.45) is 0 Å². The van der Waals surface area contributed by atoms with Crippen molar-refractivity contribution in [3.63, 3.8) is 0 Å². The molecular formula is C28H28FN5O3S2. The summed E-state index contributed by atoms with van der Waals surface area (Å²) in [4.78, 5) is 27.6. The van der Waals surface area contributed by atoms with Gasteiger partial charge in [0, 0.05) is 35.2 Å². The average Bonchev–Trinajstić information content (AvgIpc) is 3.46. The Kier molecular flexibility index (Phi) is 7.18. The third kappa shape index (κ3) is 5.46. The van der Waals surface area contributed by atoms with E-state index in [1.807, 2.05) is 72.5 Å². The number of carbonyl (C=O) groups excluding carboxylic acids is 1. The molecule has 1 fully saturated rings. The van der Waals surface area contributed by atoms with E-state index in [0.29, 0.717) is 30.6 Å². The number of hydrogen-bond acceptors (Lipinski definition) is 8. The topological polar surface area (TPSA) is 87.7 Å². The molecule has 1 saturated heterocycles. The van der Waals surface area contributed by atoms with Gasteiger partial charge in [-0.05, 0) is 30.2 Å². The Morgan fingerprint density at radius 1 is 1.15 bits per heavy atom. The van der Waals surface area contributed by atoms with E-state index in [-0.39, 0.29) is 19.7 Å². The molecule has 1 amide bonds. The van der Waals surface area contributed by atoms with Crippen molar-refractivity contribution in [3.8, 4) is 0 Å². The number of rotatable bonds is 5. The van der Waals surface area contributed by atoms with Crippen LogP contribution in [0.25, 0.3) is 10.2 Å². The lowest BCUT2D eigenvalue weighted by Gasteiger charge is -2.22. The van der Waals surface area contributed by atoms with E-state index in [9.17, 15) is 9.00 Å². The van der Waals surface area contributed by atoms with Gasteiger partial charge in [-0.3, -0.25) is 4.21 Å². The van der Waals surface area contributed by atoms with Crippen LogP contribution in [0.2, 0.25) is 0 Å². The van der Waals surface area contributed by atoms with Crippen LogP contribution in [0.4, 0.5) is 21.0 Å². The van der Waals surface area contributed by atoms with Crippen LogP contribution >= 0.6 is 11.3 Å². The molecule has 4 aromatic rings. The fourth-order valence-corrected chi connectivity index (χ4v) is 7.09. The number of thiophene rings is 1. The van der Waals surface area contributed by atoms with E-state index in [1.165, 1.54) is 4.90 Å². The molecule has 0 radical (unpaired) electrons. The molecule has 6 rings (SSSR count). The van der Waals surface area contributed by atoms with Gasteiger partial charge >= 0.3 is 6.09 Å². The number of alkyl halides is 1. The summed E-state index contributed by atoms with van der Waals surface area (Å²) >= 11 is 1.54. The number of anilines is 2. The van der Waals surface area contributed by atoms with Crippen LogP contribution in [0.3, 0.4) is 0 Å². The van der Waals surface area contributed by atoms with Gasteiger partial charge in [-0.15, -0.1) is 11.3 Å². The molecule has 0 saturated carbocycles. The van der Waals surface area contributed by atoms with Crippen LogP contribution in [0, 0.1) is 6.92 Å². The second-order valence-electron chi connectivity index (χ2n) is 9.73. The van der Waals surface area contributed by atoms with Crippen LogP contribution in [0.15, 0.2) is 65.6 Å². The lowest BCUT2D eigenvalue weighted by Crippen LogP contribution is -2.33. The van der Waals surface area contributed by atoms with Crippen molar-refractivity contribution in [2.45, 2.75) is 37.2 Å². The summed E-state index contributed by atoms with van der Waals surface area (Å²) in [6.07, 6.45) is -1.82. The second kappa shape index (κ2) is 10.9. The number of nitrogens with one attached hydrogen (secondary N) is 1. The zero-order chi connectivity index (χ0) is 26.9. The molecule has 1 N–H and O–H groups in total. The smallest absolute Gasteiger partial charge is 0.410 e. The Morgan fingerprint density at radius 3 is 2.79 bits per heavy atom. The number of benzene rings is 2. The highest BCUT2D eigenvalue weighted by molar-refractivity contribution is 7.85. The van der Waals surface area contributed by atoms with E-state index in [1.54, 1.807) is 11.3 Å². The van der Waals surface area contributed by atoms with E-state index < -0.39 is 29.1 Å². The second-order valence-corrected chi connectivity index (χ2v) is 12.5. The van der Waals surface area contributed by atoms with Crippen LogP contribution < -0.4 is 10.2 Å². The maximum Gasteiger partial charge on any atom is 0.410 e. The Balaban J connectivity index is 1.22. The van der Waals surface area contributed by atoms with Crippen LogP contribution in [0.1, 0.15) is 16.0 Å². The number of nitrogens with zero attached hydrogens (tertiary/aromatic N) is 4. The SMILES string of the molecule is Cc1cc2nc(N3CCS(=O)c4ccccc4C3)nc(NC3CN(C(=O)OCc4ccccc4)C[C@H]3F)c2s1. The number of hydrogen-bond donors (Lipinski definition) is 1. The zero-order valence-corrected chi connectivity index (χ0v) is 23.0. The summed E-state index contributed by atoms with van der Waals surface area (Å²) in [5.74, 6) is 1.52. The summed E-state index contributed by atoms with van der Waals surface area (Å²) < 4.78 is 34.2. The van der Waals surface area contributed by atoms with Gasteiger partial charge in [-0.1, -0.05) is 48.5 Å². The predicted octanol–water partition coefficient (Wildman–Crippen LogP) is 4.90. The van der Waals surface area contributed by atoms with Crippen molar-refractivity contribution in [3.05, 3.63) is 76.7 Å². The first-order valence-corrected chi connectivity index (χ1v) is 14.9. The Bertz CT molecular complexity index is 1530. The summed E-state index contributed by atoms with van der Waals surface area (Å²) in [6, 6.07) is 18.5. The fraction of sp³-hybridized carbons (Fsp3) is 0.321. The average molecular weight is 566 g/mol. The molecule has 4 heterocycles. The molecule has 39 heavy (non-hydrogen) atoms. The number of amides is 1. The highest BCUT2D eigenvalue weighted by atomic mass is 32.2. The largest absolute Gasteiger partial charge is 0.445 e. The molecule has 2 aliphatic rings. The fourth-order valence-electron chi connectivity index (χ4n) is 4.93. The van der Waals surface area contributed by atoms with Gasteiger partial charge < -0.3 is 19.9 Å². The van der Waals surface area contributed by atoms with Crippen molar-refractivity contribution in [1.29, 1.82) is 0 Å². The van der Waals surface area contributed by atoms with Gasteiger partial charge in [0.15, 0.2) is 0 Å². The van der Waals surface area contributed by atoms with Crippen molar-refractivity contribution in [1.82, 2.24) is 14.9 Å². The van der Waals surface area contributed by atoms with Crippen molar-refractivity contribution in [2.75, 3.05) is 35.6 Å². The standard InChI is InChI=1S/C28H28FN5O3S2/c1-18-13-22-25(38-18)26(32-27(31-22)33-11-12-39(36)24-10-6-5-9-20(24)14-33)30-23-16-34(15-21(23)29)28(35)37-17-19-7-3-2-4-8-19/h2-10,13,21,23H,11-12,14-17H2,1H3,(H,30,31,32)/t21-,23?,39?/m1/s1. The first kappa shape index (κ1) is 25.7. The van der Waals surface area contributed by atoms with Crippen LogP contribution in [-0.4, -0.2) is 62.8 Å². The molecule has 2 aromatic carbocycles. The van der Waals surface area contributed by atoms with Crippen molar-refractivity contribution < 1.29 is 18.1 Å². The number of aryl methyl sites for hydroxylation is 1. The molecule has 11 heteroatoms. The van der Waals surface area contributed by atoms with E-state index in [2.05, 4.69) is 5.32 Å². The maximum absolute atomic E-state index is 15.2. The molecule has 2 aromatic heterocycles. The molecule has 0 spiro atoms. The Labute approximate surface area is 232 Å². The Hall–Kier alpha value is -3.57. The number of aromatic nitrogens is 2. The van der Waals surface area contributed by atoms with Gasteiger partial charge in [0.1, 0.15) is 18.6 Å². The summed E-state index contributed by atoms with van der Waals surface area (Å²) in [5.41, 5.74) is 2.63. The predicted molar refractivity (Wildman–Crippen MR) is 151 cm³/mol. The van der Waals surface area contributed by atoms with Crippen LogP contribution in [-0.2, 0) is 28.7 Å². The normalized spacial score (nSPS) is 21.0. The minimum absolute atomic E-state index is 0.0510. The van der Waals surface area contributed by atoms with Gasteiger partial charge in [-0.2, -0.15) is 4.98 Å². The molecule has 3 atom stereocenters. The molecular weight excluding hydrogens is 537 g/mol. The molecule has 2 aliphatic heterocycles. The summed E-state index contributed by atoms with van der Waals surface area (Å²) in [5, 5.41) is 3.28. The monoisotopic (exact) mass is 565 g/mol. The number of halogens is 1. The summed E-state index contributed by atoms with van der Waals surface area (Å²) in [7, 11) is -1.10. The van der Waals surface area contributed by atoms with Gasteiger partial charge in [0.2, 0.25) is 5.95 Å². The highest BCUT2D eigenvalue weighted by Crippen LogP contribution is 2.34. The van der Waals surface area contributed by atoms with Gasteiger partial charge in [-0.25, -0.2) is 14.2 Å². The number of ether oxygens (including phenoxy) is 1. The third-order valence-electron chi connectivity index (χ3n) is 6.93. The van der Waals surface area contributed by atoms with E-state index in [4.69, 9.17) is 14.7 Å². The minimum Gasteiger partial charge on any atom is -0.445 e. The highest BCUT2D eigenvalue weighted by Gasteiger charge is 2.37. The van der Waals surface area contributed by atoms with Gasteiger partial charge in [0.05, 0.1) is 33.6 Å². The summed E-state index contributed by atoms with van der Waals surface area (Å²) in [6.45, 7) is 3.32. The van der Waals surface area contributed by atoms with Crippen LogP contribution in [0.5, 0.6) is 0 Å². The molecule has 0 aliphatic carbocycles. The number of fused-ring (bicyclic) bond motifs is 2. The zero-order valence-electron chi connectivity index (χ0n) is 21.4. The lowest BCUT2D eigenvalue weighted by atomic mass is 10.2. The number of carbonyl (C=O) groups is 1. The first-order valence-electron chi connectivity index (χ1n) is 12.8. The molecule has 2 unspecified atom stereocenters. The Morgan fingerprint density at radius 2 is 1.95 bits per heavy atom. The van der Waals surface area contributed by atoms with E-state index in [0.717, 1.165) is 31.1 Å². The molecule has 8 nitrogen and oxygen atoms in total. The third-order valence-corrected chi connectivity index (χ3v) is 9.41. The minimum atomic E-state index is -1.28. The maximum atomic E-state index is 15.2. The van der Waals surface area contributed by atoms with Gasteiger partial charge in [0.25, 0.3) is 0 Å². The van der Waals surface area contributed by atoms with Crippen molar-refractivity contribution >= 4 is 50.2 Å². The molecule has 0 bridgehead atoms. The lowest BCUT2D eigenvalue weighted by molar-refractivity contribution is 0.102. The first-order chi connectivity index (χ1) is 18.9. The number of likely N-dealkylation sites (tertiary alicyclic amines) is 1.